The highest BCUT2D eigenvalue weighted by Gasteiger charge is 2.34. The minimum absolute atomic E-state index is 0.102. The van der Waals surface area contributed by atoms with E-state index in [1.807, 2.05) is 0 Å². The molecule has 6 heteroatoms. The molecule has 0 atom stereocenters. The minimum atomic E-state index is -0.102. The van der Waals surface area contributed by atoms with Gasteiger partial charge in [0.1, 0.15) is 11.2 Å². The molecule has 106 heavy (non-hydrogen) atoms. The Labute approximate surface area is 614 Å². The molecular weight excluding hydrogens is 1290 g/mol. The van der Waals surface area contributed by atoms with E-state index in [9.17, 15) is 0 Å². The van der Waals surface area contributed by atoms with Gasteiger partial charge in [-0.15, -0.1) is 0 Å². The molecule has 0 radical (unpaired) electrons. The first-order chi connectivity index (χ1) is 51.8. The van der Waals surface area contributed by atoms with Crippen LogP contribution in [-0.2, 0) is 10.8 Å². The number of hydrogen-bond donors (Lipinski definition) is 0. The SMILES string of the molecule is Cc1ccc2c(oc3c(C(C)(C)C)cccc32)c1N(c1ccccc1)c1ccc(-c2cccc3c2c2cccc4c5c(-c6ccccc6)c6c(c(-c7ccccc7)c5n3c24)c2cccc3c4c(-c5ccc(N(c7ccccc7)c7c(C)ccc8c7oc7c(C(C)(C)C)cccc78)cc5)cccc4n6c32)cc1. The predicted octanol–water partition coefficient (Wildman–Crippen LogP) is 28.6. The second-order valence-electron chi connectivity index (χ2n) is 31.1. The van der Waals surface area contributed by atoms with Crippen LogP contribution in [0.3, 0.4) is 0 Å². The Kier molecular flexibility index (Phi) is 13.3. The number of para-hydroxylation sites is 6. The second kappa shape index (κ2) is 22.8. The van der Waals surface area contributed by atoms with E-state index < -0.39 is 0 Å². The van der Waals surface area contributed by atoms with Crippen LogP contribution in [0.4, 0.5) is 34.1 Å². The van der Waals surface area contributed by atoms with Crippen LogP contribution in [0.5, 0.6) is 0 Å². The quantitative estimate of drug-likeness (QED) is 0.137. The summed E-state index contributed by atoms with van der Waals surface area (Å²) >= 11 is 0. The van der Waals surface area contributed by atoms with Gasteiger partial charge in [0.15, 0.2) is 11.2 Å². The maximum Gasteiger partial charge on any atom is 0.159 e. The topological polar surface area (TPSA) is 41.6 Å². The van der Waals surface area contributed by atoms with E-state index in [2.05, 4.69) is 377 Å². The molecule has 0 spiro atoms. The third-order valence-electron chi connectivity index (χ3n) is 22.8. The van der Waals surface area contributed by atoms with Gasteiger partial charge in [-0.05, 0) is 130 Å². The van der Waals surface area contributed by atoms with E-state index in [-0.39, 0.29) is 10.8 Å². The Hall–Kier alpha value is -12.9. The molecule has 506 valence electrons. The molecule has 15 aromatic carbocycles. The highest BCUT2D eigenvalue weighted by atomic mass is 16.3. The molecule has 0 aliphatic carbocycles. The third-order valence-corrected chi connectivity index (χ3v) is 22.8. The number of aromatic nitrogens is 2. The molecule has 6 aromatic heterocycles. The lowest BCUT2D eigenvalue weighted by molar-refractivity contribution is 0.572. The van der Waals surface area contributed by atoms with Crippen molar-refractivity contribution >= 4 is 154 Å². The molecule has 0 aliphatic rings. The van der Waals surface area contributed by atoms with Gasteiger partial charge in [0.05, 0.1) is 44.5 Å². The number of anilines is 6. The van der Waals surface area contributed by atoms with Crippen molar-refractivity contribution in [1.29, 1.82) is 0 Å². The largest absolute Gasteiger partial charge is 0.454 e. The lowest BCUT2D eigenvalue weighted by Gasteiger charge is -2.27. The average Bonchev–Trinajstić information content (AvgIpc) is 1.49. The number of fused-ring (bicyclic) bond motifs is 18. The number of benzene rings is 15. The fraction of sp³-hybridized carbons (Fsp3) is 0.100. The molecule has 0 N–H and O–H groups in total. The summed E-state index contributed by atoms with van der Waals surface area (Å²) in [6.45, 7) is 18.0. The van der Waals surface area contributed by atoms with Gasteiger partial charge in [-0.1, -0.05) is 284 Å². The number of nitrogens with zero attached hydrogens (tertiary/aromatic N) is 4. The van der Waals surface area contributed by atoms with Crippen molar-refractivity contribution < 1.29 is 8.83 Å². The lowest BCUT2D eigenvalue weighted by atomic mass is 9.86. The summed E-state index contributed by atoms with van der Waals surface area (Å²) in [4.78, 5) is 4.77. The molecule has 0 fully saturated rings. The van der Waals surface area contributed by atoms with Crippen molar-refractivity contribution in [2.24, 2.45) is 0 Å². The summed E-state index contributed by atoms with van der Waals surface area (Å²) in [5, 5.41) is 14.3. The molecule has 0 saturated carbocycles. The van der Waals surface area contributed by atoms with E-state index >= 15 is 0 Å². The van der Waals surface area contributed by atoms with Gasteiger partial charge >= 0.3 is 0 Å². The molecule has 0 amide bonds. The Balaban J connectivity index is 0.762. The first kappa shape index (κ1) is 61.7. The zero-order chi connectivity index (χ0) is 71.2. The Bertz CT molecular complexity index is 6700. The summed E-state index contributed by atoms with van der Waals surface area (Å²) < 4.78 is 19.5. The smallest absolute Gasteiger partial charge is 0.159 e. The molecule has 0 saturated heterocycles. The Morgan fingerprint density at radius 1 is 0.255 bits per heavy atom. The molecule has 6 nitrogen and oxygen atoms in total. The zero-order valence-electron chi connectivity index (χ0n) is 60.5. The van der Waals surface area contributed by atoms with Crippen LogP contribution in [0.2, 0.25) is 0 Å². The van der Waals surface area contributed by atoms with Crippen molar-refractivity contribution in [3.63, 3.8) is 0 Å². The van der Waals surface area contributed by atoms with E-state index in [0.717, 1.165) is 100 Å². The average molecular weight is 1360 g/mol. The van der Waals surface area contributed by atoms with Crippen LogP contribution < -0.4 is 9.80 Å². The van der Waals surface area contributed by atoms with Crippen molar-refractivity contribution in [1.82, 2.24) is 8.80 Å². The second-order valence-corrected chi connectivity index (χ2v) is 31.1. The van der Waals surface area contributed by atoms with Crippen molar-refractivity contribution in [2.75, 3.05) is 9.80 Å². The van der Waals surface area contributed by atoms with Crippen LogP contribution in [0.1, 0.15) is 63.8 Å². The molecule has 0 bridgehead atoms. The summed E-state index contributed by atoms with van der Waals surface area (Å²) in [6, 6.07) is 112. The summed E-state index contributed by atoms with van der Waals surface area (Å²) in [7, 11) is 0. The van der Waals surface area contributed by atoms with Crippen LogP contribution in [0.25, 0.3) is 165 Å². The number of aryl methyl sites for hydroxylation is 2. The van der Waals surface area contributed by atoms with E-state index in [4.69, 9.17) is 8.83 Å². The number of hydrogen-bond acceptors (Lipinski definition) is 4. The first-order valence-corrected chi connectivity index (χ1v) is 37.1. The molecular formula is C100H74N4O2. The molecule has 6 heterocycles. The van der Waals surface area contributed by atoms with Gasteiger partial charge in [0.25, 0.3) is 0 Å². The van der Waals surface area contributed by atoms with Crippen LogP contribution in [0.15, 0.2) is 312 Å². The van der Waals surface area contributed by atoms with Gasteiger partial charge in [0.2, 0.25) is 0 Å². The fourth-order valence-corrected chi connectivity index (χ4v) is 18.2. The Morgan fingerprint density at radius 3 is 0.953 bits per heavy atom. The molecule has 21 aromatic rings. The van der Waals surface area contributed by atoms with E-state index in [0.29, 0.717) is 0 Å². The normalized spacial score (nSPS) is 12.5. The standard InChI is InChI=1S/C100H74N4O2/c1-59-47-57-73-71-37-23-43-79(99(3,4)5)95(71)105-97(73)89(59)101(65-31-17-11-18-32-65)67-53-49-61(50-54-67)69-35-25-45-81-85(69)75-39-21-41-77-87-84(64-29-15-10-16-30-64)94-88(83(63-27-13-9-14-28-63)93(87)103(81)91(75)77)78-42-22-40-76-86-70(36-26-46-82(86)104(94)92(76)78)62-51-55-68(56-52-62)102(66-33-19-12-20-34-66)90-60(2)48-58-74-72-38-24-44-80(100(6,7)8)96(72)106-98(74)90/h9-58H,1-8H3. The van der Waals surface area contributed by atoms with E-state index in [1.165, 1.54) is 121 Å². The Morgan fingerprint density at radius 2 is 0.575 bits per heavy atom. The van der Waals surface area contributed by atoms with Gasteiger partial charge in [-0.25, -0.2) is 0 Å². The summed E-state index contributed by atoms with van der Waals surface area (Å²) in [5.41, 5.74) is 31.1. The predicted molar refractivity (Wildman–Crippen MR) is 448 cm³/mol. The maximum atomic E-state index is 7.13. The maximum absolute atomic E-state index is 7.13. The third kappa shape index (κ3) is 8.85. The fourth-order valence-electron chi connectivity index (χ4n) is 18.2. The summed E-state index contributed by atoms with van der Waals surface area (Å²) in [5.74, 6) is 0. The first-order valence-electron chi connectivity index (χ1n) is 37.1. The molecule has 0 unspecified atom stereocenters. The van der Waals surface area contributed by atoms with Gasteiger partial charge < -0.3 is 27.4 Å². The molecule has 21 rings (SSSR count). The van der Waals surface area contributed by atoms with Gasteiger partial charge in [-0.3, -0.25) is 0 Å². The van der Waals surface area contributed by atoms with Gasteiger partial charge in [-0.2, -0.15) is 0 Å². The highest BCUT2D eigenvalue weighted by Crippen LogP contribution is 2.57. The van der Waals surface area contributed by atoms with Crippen molar-refractivity contribution in [3.8, 4) is 44.5 Å². The van der Waals surface area contributed by atoms with E-state index in [1.54, 1.807) is 0 Å². The molecule has 0 aliphatic heterocycles. The van der Waals surface area contributed by atoms with Crippen molar-refractivity contribution in [2.45, 2.75) is 66.2 Å². The monoisotopic (exact) mass is 1360 g/mol. The van der Waals surface area contributed by atoms with Crippen LogP contribution >= 0.6 is 0 Å². The summed E-state index contributed by atoms with van der Waals surface area (Å²) in [6.07, 6.45) is 0. The number of rotatable bonds is 10. The lowest BCUT2D eigenvalue weighted by Crippen LogP contribution is -2.11. The minimum Gasteiger partial charge on any atom is -0.454 e. The zero-order valence-corrected chi connectivity index (χ0v) is 60.5. The van der Waals surface area contributed by atoms with Crippen molar-refractivity contribution in [3.05, 3.63) is 326 Å². The van der Waals surface area contributed by atoms with Crippen LogP contribution in [-0.4, -0.2) is 8.80 Å². The number of furan rings is 2. The highest BCUT2D eigenvalue weighted by molar-refractivity contribution is 6.39. The van der Waals surface area contributed by atoms with Crippen LogP contribution in [0, 0.1) is 13.8 Å². The van der Waals surface area contributed by atoms with Gasteiger partial charge in [0, 0.05) is 110 Å².